The van der Waals surface area contributed by atoms with Gasteiger partial charge >= 0.3 is 6.03 Å². The number of halogens is 1. The number of rotatable bonds is 17. The smallest absolute Gasteiger partial charge is 0.315 e. The van der Waals surface area contributed by atoms with Gasteiger partial charge < -0.3 is 45.0 Å². The Morgan fingerprint density at radius 1 is 1.08 bits per heavy atom. The van der Waals surface area contributed by atoms with E-state index in [1.807, 2.05) is 23.1 Å². The molecule has 3 amide bonds. The quantitative estimate of drug-likeness (QED) is 0.184. The number of alkyl halides is 1. The molecule has 0 bridgehead atoms. The maximum absolute atomic E-state index is 13.3. The molecule has 0 radical (unpaired) electrons. The lowest BCUT2D eigenvalue weighted by Gasteiger charge is -2.37. The van der Waals surface area contributed by atoms with Gasteiger partial charge in [-0.3, -0.25) is 4.79 Å². The molecule has 2 aliphatic heterocycles. The molecule has 3 rings (SSSR count). The highest BCUT2D eigenvalue weighted by molar-refractivity contribution is 8.00. The average molecular weight is 575 g/mol. The summed E-state index contributed by atoms with van der Waals surface area (Å²) < 4.78 is 27.5. The molecule has 214 valence electrons. The average Bonchev–Trinajstić information content (AvgIpc) is 2.93. The molecule has 1 fully saturated rings. The first-order chi connectivity index (χ1) is 18.5. The number of carbonyl (C=O) groups is 2. The second-order valence-corrected chi connectivity index (χ2v) is 10.5. The van der Waals surface area contributed by atoms with Crippen LogP contribution in [0.5, 0.6) is 5.75 Å². The van der Waals surface area contributed by atoms with E-state index in [2.05, 4.69) is 10.6 Å². The van der Waals surface area contributed by atoms with E-state index in [0.717, 1.165) is 16.9 Å². The highest BCUT2D eigenvalue weighted by atomic mass is 35.5. The van der Waals surface area contributed by atoms with Gasteiger partial charge in [0.2, 0.25) is 5.91 Å². The van der Waals surface area contributed by atoms with Crippen LogP contribution in [0.2, 0.25) is 0 Å². The van der Waals surface area contributed by atoms with Crippen molar-refractivity contribution in [1.82, 2.24) is 15.5 Å². The van der Waals surface area contributed by atoms with Crippen molar-refractivity contribution in [2.24, 2.45) is 5.73 Å². The van der Waals surface area contributed by atoms with E-state index in [-0.39, 0.29) is 34.5 Å². The third-order valence-electron chi connectivity index (χ3n) is 6.11. The minimum Gasteiger partial charge on any atom is -0.497 e. The van der Waals surface area contributed by atoms with Gasteiger partial charge in [0.25, 0.3) is 0 Å². The van der Waals surface area contributed by atoms with Crippen LogP contribution in [-0.4, -0.2) is 112 Å². The second kappa shape index (κ2) is 17.0. The molecular weight excluding hydrogens is 536 g/mol. The Labute approximate surface area is 233 Å². The van der Waals surface area contributed by atoms with E-state index >= 15 is 0 Å². The van der Waals surface area contributed by atoms with Crippen molar-refractivity contribution >= 4 is 35.3 Å². The number of ether oxygens (including phenoxy) is 5. The highest BCUT2D eigenvalue weighted by Gasteiger charge is 2.32. The maximum atomic E-state index is 13.3. The minimum absolute atomic E-state index is 0.0226. The molecule has 1 aromatic rings. The number of nitrogens with zero attached hydrogens (tertiary/aromatic N) is 1. The van der Waals surface area contributed by atoms with Gasteiger partial charge in [-0.2, -0.15) is 0 Å². The minimum atomic E-state index is -0.329. The molecule has 3 atom stereocenters. The molecule has 38 heavy (non-hydrogen) atoms. The van der Waals surface area contributed by atoms with Gasteiger partial charge in [0.1, 0.15) is 5.75 Å². The Morgan fingerprint density at radius 2 is 1.76 bits per heavy atom. The summed E-state index contributed by atoms with van der Waals surface area (Å²) in [5.41, 5.74) is 7.59. The first kappa shape index (κ1) is 30.7. The van der Waals surface area contributed by atoms with E-state index in [1.165, 1.54) is 11.8 Å². The summed E-state index contributed by atoms with van der Waals surface area (Å²) in [5.74, 6) is 0.969. The summed E-state index contributed by atoms with van der Waals surface area (Å²) in [6, 6.07) is 5.52. The number of methoxy groups -OCH3 is 1. The Kier molecular flexibility index (Phi) is 13.8. The van der Waals surface area contributed by atoms with Gasteiger partial charge in [0.15, 0.2) is 0 Å². The predicted octanol–water partition coefficient (Wildman–Crippen LogP) is 0.953. The summed E-state index contributed by atoms with van der Waals surface area (Å²) in [6.45, 7) is 5.08. The maximum Gasteiger partial charge on any atom is 0.315 e. The number of hydrogen-bond donors (Lipinski definition) is 3. The Hall–Kier alpha value is -1.80. The van der Waals surface area contributed by atoms with Gasteiger partial charge in [-0.1, -0.05) is 6.07 Å². The highest BCUT2D eigenvalue weighted by Crippen LogP contribution is 2.28. The molecule has 2 aliphatic rings. The third-order valence-corrected chi connectivity index (χ3v) is 7.88. The van der Waals surface area contributed by atoms with Gasteiger partial charge in [-0.05, 0) is 29.7 Å². The third kappa shape index (κ3) is 10.1. The van der Waals surface area contributed by atoms with Crippen LogP contribution >= 0.6 is 23.4 Å². The van der Waals surface area contributed by atoms with Crippen LogP contribution in [0.25, 0.3) is 0 Å². The lowest BCUT2D eigenvalue weighted by molar-refractivity contribution is -0.133. The molecule has 4 N–H and O–H groups in total. The summed E-state index contributed by atoms with van der Waals surface area (Å²) in [5, 5.41) is 4.81. The van der Waals surface area contributed by atoms with Crippen molar-refractivity contribution in [2.75, 3.05) is 78.8 Å². The normalized spacial score (nSPS) is 21.0. The van der Waals surface area contributed by atoms with Crippen LogP contribution in [0, 0.1) is 0 Å². The molecule has 0 saturated carbocycles. The van der Waals surface area contributed by atoms with Crippen LogP contribution in [-0.2, 0) is 36.7 Å². The molecule has 13 heteroatoms. The van der Waals surface area contributed by atoms with Crippen molar-refractivity contribution in [3.05, 3.63) is 29.3 Å². The fourth-order valence-electron chi connectivity index (χ4n) is 4.11. The SMILES string of the molecule is COc1ccc2c(c1)C[C@H](COCCOCCOCCOCCN)N(C(=O)CSC1NC(=O)NCC1Cl)C2. The summed E-state index contributed by atoms with van der Waals surface area (Å²) in [4.78, 5) is 26.8. The number of benzene rings is 1. The zero-order valence-electron chi connectivity index (χ0n) is 21.8. The fraction of sp³-hybridized carbons (Fsp3) is 0.680. The van der Waals surface area contributed by atoms with Gasteiger partial charge in [0, 0.05) is 19.6 Å². The predicted molar refractivity (Wildman–Crippen MR) is 146 cm³/mol. The van der Waals surface area contributed by atoms with Gasteiger partial charge in [-0.25, -0.2) is 4.79 Å². The molecular formula is C25H39ClN4O7S. The largest absolute Gasteiger partial charge is 0.497 e. The van der Waals surface area contributed by atoms with E-state index in [0.29, 0.717) is 78.9 Å². The molecule has 1 aromatic carbocycles. The number of thioether (sulfide) groups is 1. The molecule has 2 heterocycles. The molecule has 11 nitrogen and oxygen atoms in total. The number of carbonyl (C=O) groups excluding carboxylic acids is 2. The molecule has 0 spiro atoms. The molecule has 0 aromatic heterocycles. The van der Waals surface area contributed by atoms with Crippen molar-refractivity contribution in [2.45, 2.75) is 29.8 Å². The summed E-state index contributed by atoms with van der Waals surface area (Å²) in [6.07, 6.45) is 0.659. The van der Waals surface area contributed by atoms with E-state index in [1.54, 1.807) is 7.11 Å². The Morgan fingerprint density at radius 3 is 2.45 bits per heavy atom. The molecule has 1 saturated heterocycles. The van der Waals surface area contributed by atoms with E-state index < -0.39 is 0 Å². The topological polar surface area (TPSA) is 134 Å². The van der Waals surface area contributed by atoms with Crippen LogP contribution in [0.1, 0.15) is 11.1 Å². The van der Waals surface area contributed by atoms with Crippen molar-refractivity contribution in [1.29, 1.82) is 0 Å². The zero-order valence-corrected chi connectivity index (χ0v) is 23.4. The summed E-state index contributed by atoms with van der Waals surface area (Å²) in [7, 11) is 1.64. The molecule has 0 aliphatic carbocycles. The monoisotopic (exact) mass is 574 g/mol. The van der Waals surface area contributed by atoms with Crippen LogP contribution < -0.4 is 21.1 Å². The lowest BCUT2D eigenvalue weighted by Crippen LogP contribution is -2.55. The van der Waals surface area contributed by atoms with E-state index in [4.69, 9.17) is 41.0 Å². The Balaban J connectivity index is 1.45. The number of nitrogens with two attached hydrogens (primary N) is 1. The van der Waals surface area contributed by atoms with Crippen LogP contribution in [0.4, 0.5) is 4.79 Å². The first-order valence-electron chi connectivity index (χ1n) is 12.8. The lowest BCUT2D eigenvalue weighted by atomic mass is 9.94. The Bertz CT molecular complexity index is 884. The van der Waals surface area contributed by atoms with Gasteiger partial charge in [-0.15, -0.1) is 23.4 Å². The van der Waals surface area contributed by atoms with Crippen LogP contribution in [0.15, 0.2) is 18.2 Å². The number of amides is 3. The fourth-order valence-corrected chi connectivity index (χ4v) is 5.45. The second-order valence-electron chi connectivity index (χ2n) is 8.82. The van der Waals surface area contributed by atoms with Crippen molar-refractivity contribution in [3.8, 4) is 5.75 Å². The standard InChI is InChI=1S/C25H39ClN4O7S/c1-33-21-3-2-18-15-30(23(31)17-38-24-22(26)14-28-25(32)29-24)20(12-19(18)13-21)16-37-11-10-36-9-8-35-7-6-34-5-4-27/h2-3,13,20,22,24H,4-12,14-17,27H2,1H3,(H2,28,29,32)/t20-,22?,24?/m1/s1. The first-order valence-corrected chi connectivity index (χ1v) is 14.3. The van der Waals surface area contributed by atoms with Crippen molar-refractivity contribution in [3.63, 3.8) is 0 Å². The summed E-state index contributed by atoms with van der Waals surface area (Å²) >= 11 is 7.67. The number of nitrogens with one attached hydrogen (secondary N) is 2. The molecule has 2 unspecified atom stereocenters. The number of hydrogen-bond acceptors (Lipinski definition) is 9. The van der Waals surface area contributed by atoms with E-state index in [9.17, 15) is 9.59 Å². The van der Waals surface area contributed by atoms with Crippen molar-refractivity contribution < 1.29 is 33.3 Å². The zero-order chi connectivity index (χ0) is 27.2. The van der Waals surface area contributed by atoms with Crippen LogP contribution in [0.3, 0.4) is 0 Å². The van der Waals surface area contributed by atoms with Gasteiger partial charge in [0.05, 0.1) is 82.5 Å². The number of fused-ring (bicyclic) bond motifs is 1. The number of urea groups is 1.